The Hall–Kier alpha value is -4.17. The molecule has 2 amide bonds. The van der Waals surface area contributed by atoms with E-state index in [9.17, 15) is 24.3 Å². The number of nitrogens with one attached hydrogen (secondary N) is 1. The first-order valence-corrected chi connectivity index (χ1v) is 14.6. The molecule has 0 aliphatic carbocycles. The first kappa shape index (κ1) is 29.8. The van der Waals surface area contributed by atoms with E-state index in [4.69, 9.17) is 27.1 Å². The fourth-order valence-electron chi connectivity index (χ4n) is 3.79. The number of thiazole rings is 1. The number of fused-ring (bicyclic) bond motifs is 1. The van der Waals surface area contributed by atoms with Crippen molar-refractivity contribution in [2.45, 2.75) is 36.0 Å². The van der Waals surface area contributed by atoms with E-state index in [1.165, 1.54) is 28.6 Å². The standard InChI is InChI=1S/C21H24N10O7S3/c1-7(3-10(32)33)38-29-11(9-6-40-20(24)25-9)14(34)26-12-15(35)31-13(17(36)37)8(4-39-16(12)31)5-41-21-28-18(22)27-19(23)30(21)2/h6-7,12,16H,3-5H2,1-2H3,(H8,22,23,24,25,26,27,32,33,34,36,37)/b29-11-/t7?,12?,16-/m1/s1. The highest BCUT2D eigenvalue weighted by Crippen LogP contribution is 2.41. The van der Waals surface area contributed by atoms with Crippen LogP contribution in [0.1, 0.15) is 19.0 Å². The summed E-state index contributed by atoms with van der Waals surface area (Å²) in [6, 6.07) is -1.09. The number of hydrogen-bond donors (Lipinski definition) is 5. The molecule has 2 unspecified atom stereocenters. The van der Waals surface area contributed by atoms with Crippen LogP contribution in [-0.2, 0) is 31.1 Å². The van der Waals surface area contributed by atoms with Crippen LogP contribution in [0.25, 0.3) is 0 Å². The summed E-state index contributed by atoms with van der Waals surface area (Å²) >= 11 is 3.44. The summed E-state index contributed by atoms with van der Waals surface area (Å²) in [5, 5.41) is 28.6. The topological polar surface area (TPSA) is 269 Å². The van der Waals surface area contributed by atoms with Crippen LogP contribution in [0.15, 0.2) is 27.0 Å². The van der Waals surface area contributed by atoms with Crippen LogP contribution in [0.3, 0.4) is 0 Å². The molecular weight excluding hydrogens is 600 g/mol. The Morgan fingerprint density at radius 1 is 1.34 bits per heavy atom. The van der Waals surface area contributed by atoms with Crippen molar-refractivity contribution in [3.05, 3.63) is 22.3 Å². The van der Waals surface area contributed by atoms with Crippen LogP contribution in [0.5, 0.6) is 0 Å². The quantitative estimate of drug-likeness (QED) is 0.0559. The van der Waals surface area contributed by atoms with Crippen molar-refractivity contribution in [3.63, 3.8) is 0 Å². The minimum Gasteiger partial charge on any atom is -0.543 e. The molecule has 1 fully saturated rings. The molecule has 1 saturated heterocycles. The molecule has 17 nitrogen and oxygen atoms in total. The first-order chi connectivity index (χ1) is 19.4. The van der Waals surface area contributed by atoms with Gasteiger partial charge in [0.2, 0.25) is 0 Å². The molecule has 41 heavy (non-hydrogen) atoms. The van der Waals surface area contributed by atoms with Crippen molar-refractivity contribution >= 4 is 81.4 Å². The van der Waals surface area contributed by atoms with Crippen LogP contribution >= 0.6 is 34.9 Å². The molecule has 3 atom stereocenters. The van der Waals surface area contributed by atoms with E-state index in [2.05, 4.69) is 25.4 Å². The SMILES string of the molecule is CC(CC(=O)O)O/N=C(\C(=O)NC1C(=O)N2C(C(=O)[O-])=C(CSc3nc(N)nc(N)[n+]3C)CS[C@H]12)c1csc(N)n1. The number of oxime groups is 1. The number of carbonyl (C=O) groups is 4. The second-order valence-corrected chi connectivity index (χ2v) is 11.6. The maximum absolute atomic E-state index is 13.2. The summed E-state index contributed by atoms with van der Waals surface area (Å²) in [5.74, 6) is -3.75. The van der Waals surface area contributed by atoms with E-state index in [-0.39, 0.29) is 52.1 Å². The normalized spacial score (nSPS) is 19.3. The zero-order valence-corrected chi connectivity index (χ0v) is 23.9. The maximum Gasteiger partial charge on any atom is 0.349 e. The molecule has 0 radical (unpaired) electrons. The van der Waals surface area contributed by atoms with E-state index < -0.39 is 41.3 Å². The molecule has 2 aliphatic rings. The Morgan fingerprint density at radius 2 is 2.07 bits per heavy atom. The van der Waals surface area contributed by atoms with Crippen molar-refractivity contribution in [1.82, 2.24) is 25.2 Å². The number of carbonyl (C=O) groups excluding carboxylic acids is 3. The first-order valence-electron chi connectivity index (χ1n) is 11.6. The minimum atomic E-state index is -1.55. The number of rotatable bonds is 11. The number of nitrogens with zero attached hydrogens (tertiary/aromatic N) is 6. The number of nitrogen functional groups attached to an aromatic ring is 3. The smallest absolute Gasteiger partial charge is 0.349 e. The number of anilines is 3. The van der Waals surface area contributed by atoms with Gasteiger partial charge in [-0.05, 0) is 12.5 Å². The van der Waals surface area contributed by atoms with Gasteiger partial charge in [0.25, 0.3) is 17.0 Å². The minimum absolute atomic E-state index is 0.0446. The molecule has 4 heterocycles. The van der Waals surface area contributed by atoms with E-state index in [1.807, 2.05) is 0 Å². The van der Waals surface area contributed by atoms with Crippen LogP contribution in [0.4, 0.5) is 17.0 Å². The highest BCUT2D eigenvalue weighted by molar-refractivity contribution is 8.01. The van der Waals surface area contributed by atoms with Crippen molar-refractivity contribution in [3.8, 4) is 0 Å². The lowest BCUT2D eigenvalue weighted by atomic mass is 10.0. The van der Waals surface area contributed by atoms with Crippen molar-refractivity contribution in [2.75, 3.05) is 28.7 Å². The number of amides is 2. The summed E-state index contributed by atoms with van der Waals surface area (Å²) in [7, 11) is 1.62. The third-order valence-corrected chi connectivity index (χ3v) is 8.87. The monoisotopic (exact) mass is 624 g/mol. The van der Waals surface area contributed by atoms with E-state index >= 15 is 0 Å². The van der Waals surface area contributed by atoms with Gasteiger partial charge >= 0.3 is 17.9 Å². The number of aliphatic carboxylic acids is 2. The van der Waals surface area contributed by atoms with Gasteiger partial charge in [0, 0.05) is 16.9 Å². The van der Waals surface area contributed by atoms with Gasteiger partial charge in [-0.3, -0.25) is 19.3 Å². The molecule has 2 aliphatic heterocycles. The van der Waals surface area contributed by atoms with E-state index in [0.29, 0.717) is 10.7 Å². The third kappa shape index (κ3) is 6.43. The average molecular weight is 625 g/mol. The summed E-state index contributed by atoms with van der Waals surface area (Å²) < 4.78 is 1.49. The lowest BCUT2D eigenvalue weighted by molar-refractivity contribution is -0.701. The molecule has 4 rings (SSSR count). The summed E-state index contributed by atoms with van der Waals surface area (Å²) in [4.78, 5) is 67.5. The average Bonchev–Trinajstić information content (AvgIpc) is 3.33. The largest absolute Gasteiger partial charge is 0.543 e. The van der Waals surface area contributed by atoms with Crippen LogP contribution in [0.2, 0.25) is 0 Å². The molecule has 20 heteroatoms. The Labute approximate surface area is 244 Å². The number of carboxylic acid groups (broad SMARTS) is 2. The number of carboxylic acids is 2. The second-order valence-electron chi connectivity index (χ2n) is 8.70. The van der Waals surface area contributed by atoms with Crippen molar-refractivity contribution < 1.29 is 38.8 Å². The Balaban J connectivity index is 1.51. The molecular formula is C21H24N10O7S3. The van der Waals surface area contributed by atoms with Gasteiger partial charge in [-0.15, -0.1) is 23.1 Å². The number of β-lactam (4-membered cyclic amide) rings is 1. The molecule has 0 saturated carbocycles. The predicted octanol–water partition coefficient (Wildman–Crippen LogP) is -2.72. The zero-order chi connectivity index (χ0) is 30.0. The van der Waals surface area contributed by atoms with Gasteiger partial charge in [-0.2, -0.15) is 0 Å². The lowest BCUT2D eigenvalue weighted by Gasteiger charge is -2.50. The van der Waals surface area contributed by atoms with Crippen LogP contribution < -0.4 is 32.2 Å². The molecule has 0 spiro atoms. The maximum atomic E-state index is 13.2. The fourth-order valence-corrected chi connectivity index (χ4v) is 6.80. The Morgan fingerprint density at radius 3 is 2.71 bits per heavy atom. The lowest BCUT2D eigenvalue weighted by Crippen LogP contribution is -2.71. The summed E-state index contributed by atoms with van der Waals surface area (Å²) in [5.41, 5.74) is 17.0. The molecule has 218 valence electrons. The summed E-state index contributed by atoms with van der Waals surface area (Å²) in [6.45, 7) is 1.45. The number of hydrogen-bond acceptors (Lipinski definition) is 16. The van der Waals surface area contributed by atoms with Crippen molar-refractivity contribution in [2.24, 2.45) is 12.2 Å². The Kier molecular flexibility index (Phi) is 8.83. The van der Waals surface area contributed by atoms with Crippen LogP contribution in [-0.4, -0.2) is 83.4 Å². The molecule has 0 bridgehead atoms. The zero-order valence-electron chi connectivity index (χ0n) is 21.5. The second kappa shape index (κ2) is 12.1. The van der Waals surface area contributed by atoms with Gasteiger partial charge in [-0.25, -0.2) is 9.55 Å². The number of aromatic nitrogens is 4. The van der Waals surface area contributed by atoms with Crippen molar-refractivity contribution in [1.29, 1.82) is 0 Å². The highest BCUT2D eigenvalue weighted by Gasteiger charge is 2.53. The van der Waals surface area contributed by atoms with E-state index in [1.54, 1.807) is 7.05 Å². The van der Waals surface area contributed by atoms with Crippen LogP contribution in [0, 0.1) is 0 Å². The molecule has 2 aromatic rings. The number of thioether (sulfide) groups is 2. The molecule has 8 N–H and O–H groups in total. The third-order valence-electron chi connectivity index (χ3n) is 5.74. The van der Waals surface area contributed by atoms with Gasteiger partial charge in [0.15, 0.2) is 10.8 Å². The fraction of sp³-hybridized carbons (Fsp3) is 0.381. The van der Waals surface area contributed by atoms with Gasteiger partial charge in [-0.1, -0.05) is 26.9 Å². The highest BCUT2D eigenvalue weighted by atomic mass is 32.2. The van der Waals surface area contributed by atoms with Gasteiger partial charge < -0.3 is 42.4 Å². The summed E-state index contributed by atoms with van der Waals surface area (Å²) in [6.07, 6.45) is -1.24. The molecule has 0 aromatic carbocycles. The predicted molar refractivity (Wildman–Crippen MR) is 146 cm³/mol. The Bertz CT molecular complexity index is 1480. The van der Waals surface area contributed by atoms with E-state index in [0.717, 1.165) is 28.0 Å². The number of nitrogens with two attached hydrogens (primary N) is 3. The van der Waals surface area contributed by atoms with Gasteiger partial charge in [0.05, 0.1) is 25.1 Å². The molecule has 2 aromatic heterocycles. The van der Waals surface area contributed by atoms with Gasteiger partial charge in [0.1, 0.15) is 23.2 Å².